The number of hydrogen-bond donors (Lipinski definition) is 1. The number of carbonyl (C=O) groups excluding carboxylic acids is 1. The number of fused-ring (bicyclic) bond motifs is 1. The van der Waals surface area contributed by atoms with Crippen molar-refractivity contribution in [2.75, 3.05) is 29.2 Å². The summed E-state index contributed by atoms with van der Waals surface area (Å²) in [6, 6.07) is 10.2. The van der Waals surface area contributed by atoms with Crippen LogP contribution < -0.4 is 15.1 Å². The van der Waals surface area contributed by atoms with E-state index in [1.807, 2.05) is 36.2 Å². The molecule has 5 rings (SSSR count). The van der Waals surface area contributed by atoms with Crippen LogP contribution in [0, 0.1) is 17.2 Å². The van der Waals surface area contributed by atoms with Crippen LogP contribution in [0.5, 0.6) is 0 Å². The van der Waals surface area contributed by atoms with Gasteiger partial charge in [-0.3, -0.25) is 4.79 Å². The number of likely N-dealkylation sites (N-methyl/N-ethyl adjacent to an activating group) is 2. The SMILES string of the molecule is CN1C(=O)C(CC2CC2)N(C)c2nc(Nc3ccc(C4(C#N)CC4)cc3)ncc21. The molecule has 1 aromatic heterocycles. The molecule has 148 valence electrons. The molecule has 2 heterocycles. The van der Waals surface area contributed by atoms with Gasteiger partial charge in [0.25, 0.3) is 0 Å². The number of amides is 1. The van der Waals surface area contributed by atoms with Gasteiger partial charge in [0.2, 0.25) is 11.9 Å². The van der Waals surface area contributed by atoms with Gasteiger partial charge in [0, 0.05) is 19.8 Å². The number of nitriles is 1. The second-order valence-corrected chi connectivity index (χ2v) is 8.50. The minimum atomic E-state index is -0.281. The Kier molecular flexibility index (Phi) is 3.98. The minimum absolute atomic E-state index is 0.110. The summed E-state index contributed by atoms with van der Waals surface area (Å²) in [5.74, 6) is 2.03. The highest BCUT2D eigenvalue weighted by Gasteiger charge is 2.44. The van der Waals surface area contributed by atoms with Gasteiger partial charge in [-0.1, -0.05) is 25.0 Å². The fraction of sp³-hybridized carbons (Fsp3) is 0.455. The Hall–Kier alpha value is -3.14. The van der Waals surface area contributed by atoms with Gasteiger partial charge in [0.05, 0.1) is 17.7 Å². The number of aromatic nitrogens is 2. The van der Waals surface area contributed by atoms with Crippen LogP contribution in [0.4, 0.5) is 23.1 Å². The van der Waals surface area contributed by atoms with Gasteiger partial charge in [0.1, 0.15) is 11.7 Å². The van der Waals surface area contributed by atoms with Crippen LogP contribution in [0.2, 0.25) is 0 Å². The van der Waals surface area contributed by atoms with Crippen molar-refractivity contribution in [3.63, 3.8) is 0 Å². The number of hydrogen-bond acceptors (Lipinski definition) is 6. The summed E-state index contributed by atoms with van der Waals surface area (Å²) in [5.41, 5.74) is 2.40. The van der Waals surface area contributed by atoms with Crippen LogP contribution in [0.3, 0.4) is 0 Å². The Labute approximate surface area is 170 Å². The summed E-state index contributed by atoms with van der Waals surface area (Å²) < 4.78 is 0. The maximum atomic E-state index is 12.8. The molecular formula is C22H24N6O. The Morgan fingerprint density at radius 2 is 1.97 bits per heavy atom. The summed E-state index contributed by atoms with van der Waals surface area (Å²) in [7, 11) is 3.74. The highest BCUT2D eigenvalue weighted by atomic mass is 16.2. The monoisotopic (exact) mass is 388 g/mol. The van der Waals surface area contributed by atoms with Gasteiger partial charge >= 0.3 is 0 Å². The average molecular weight is 388 g/mol. The predicted octanol–water partition coefficient (Wildman–Crippen LogP) is 3.36. The highest BCUT2D eigenvalue weighted by Crippen LogP contribution is 2.47. The molecule has 1 N–H and O–H groups in total. The van der Waals surface area contributed by atoms with Crippen LogP contribution in [-0.2, 0) is 10.2 Å². The molecular weight excluding hydrogens is 364 g/mol. The molecule has 3 aliphatic rings. The first-order valence-corrected chi connectivity index (χ1v) is 10.2. The van der Waals surface area contributed by atoms with Gasteiger partial charge in [-0.2, -0.15) is 10.2 Å². The normalized spacial score (nSPS) is 22.1. The van der Waals surface area contributed by atoms with E-state index < -0.39 is 0 Å². The first-order valence-electron chi connectivity index (χ1n) is 10.2. The van der Waals surface area contributed by atoms with E-state index in [1.54, 1.807) is 18.1 Å². The number of nitrogens with one attached hydrogen (secondary N) is 1. The Bertz CT molecular complexity index is 1000. The van der Waals surface area contributed by atoms with E-state index in [-0.39, 0.29) is 17.4 Å². The van der Waals surface area contributed by atoms with E-state index in [4.69, 9.17) is 4.98 Å². The molecule has 2 fully saturated rings. The van der Waals surface area contributed by atoms with Crippen LogP contribution >= 0.6 is 0 Å². The van der Waals surface area contributed by atoms with Crippen molar-refractivity contribution >= 4 is 29.0 Å². The number of carbonyl (C=O) groups is 1. The number of rotatable bonds is 5. The third kappa shape index (κ3) is 3.09. The summed E-state index contributed by atoms with van der Waals surface area (Å²) >= 11 is 0. The third-order valence-corrected chi connectivity index (χ3v) is 6.44. The first-order chi connectivity index (χ1) is 14.0. The molecule has 0 saturated heterocycles. The summed E-state index contributed by atoms with van der Waals surface area (Å²) in [6.45, 7) is 0. The van der Waals surface area contributed by atoms with Crippen LogP contribution in [0.25, 0.3) is 0 Å². The van der Waals surface area contributed by atoms with Crippen molar-refractivity contribution < 1.29 is 4.79 Å². The highest BCUT2D eigenvalue weighted by molar-refractivity contribution is 6.04. The second kappa shape index (κ2) is 6.45. The average Bonchev–Trinajstić information content (AvgIpc) is 3.66. The lowest BCUT2D eigenvalue weighted by Crippen LogP contribution is -2.51. The fourth-order valence-electron chi connectivity index (χ4n) is 4.10. The maximum absolute atomic E-state index is 12.8. The fourth-order valence-corrected chi connectivity index (χ4v) is 4.10. The van der Waals surface area contributed by atoms with E-state index in [9.17, 15) is 10.1 Å². The van der Waals surface area contributed by atoms with Crippen molar-refractivity contribution in [1.82, 2.24) is 9.97 Å². The zero-order valence-electron chi connectivity index (χ0n) is 16.7. The van der Waals surface area contributed by atoms with Crippen molar-refractivity contribution in [1.29, 1.82) is 5.26 Å². The quantitative estimate of drug-likeness (QED) is 0.845. The van der Waals surface area contributed by atoms with E-state index in [0.29, 0.717) is 11.9 Å². The third-order valence-electron chi connectivity index (χ3n) is 6.44. The van der Waals surface area contributed by atoms with Crippen molar-refractivity contribution in [2.24, 2.45) is 5.92 Å². The van der Waals surface area contributed by atoms with Gasteiger partial charge in [-0.15, -0.1) is 0 Å². The second-order valence-electron chi connectivity index (χ2n) is 8.50. The Morgan fingerprint density at radius 1 is 1.24 bits per heavy atom. The zero-order valence-corrected chi connectivity index (χ0v) is 16.7. The molecule has 2 aromatic rings. The lowest BCUT2D eigenvalue weighted by Gasteiger charge is -2.38. The topological polar surface area (TPSA) is 85.2 Å². The molecule has 2 saturated carbocycles. The lowest BCUT2D eigenvalue weighted by molar-refractivity contribution is -0.120. The van der Waals surface area contributed by atoms with Crippen LogP contribution in [-0.4, -0.2) is 36.0 Å². The van der Waals surface area contributed by atoms with Crippen LogP contribution in [0.15, 0.2) is 30.5 Å². The van der Waals surface area contributed by atoms with Gasteiger partial charge in [-0.05, 0) is 42.9 Å². The van der Waals surface area contributed by atoms with Gasteiger partial charge in [-0.25, -0.2) is 4.98 Å². The zero-order chi connectivity index (χ0) is 20.2. The molecule has 2 aliphatic carbocycles. The van der Waals surface area contributed by atoms with Crippen LogP contribution in [0.1, 0.15) is 37.7 Å². The summed E-state index contributed by atoms with van der Waals surface area (Å²) in [5, 5.41) is 12.6. The minimum Gasteiger partial charge on any atom is -0.346 e. The molecule has 1 aliphatic heterocycles. The lowest BCUT2D eigenvalue weighted by atomic mass is 9.98. The largest absolute Gasteiger partial charge is 0.346 e. The molecule has 0 spiro atoms. The van der Waals surface area contributed by atoms with Crippen molar-refractivity contribution in [3.8, 4) is 6.07 Å². The van der Waals surface area contributed by atoms with E-state index in [2.05, 4.69) is 16.4 Å². The maximum Gasteiger partial charge on any atom is 0.249 e. The Balaban J connectivity index is 1.38. The summed E-state index contributed by atoms with van der Waals surface area (Å²) in [4.78, 5) is 25.6. The molecule has 7 heteroatoms. The predicted molar refractivity (Wildman–Crippen MR) is 111 cm³/mol. The van der Waals surface area contributed by atoms with Crippen molar-refractivity contribution in [2.45, 2.75) is 43.6 Å². The number of benzene rings is 1. The molecule has 1 atom stereocenters. The van der Waals surface area contributed by atoms with E-state index >= 15 is 0 Å². The summed E-state index contributed by atoms with van der Waals surface area (Å²) in [6.07, 6.45) is 6.89. The van der Waals surface area contributed by atoms with E-state index in [0.717, 1.165) is 42.0 Å². The van der Waals surface area contributed by atoms with Gasteiger partial charge < -0.3 is 15.1 Å². The molecule has 1 amide bonds. The molecule has 29 heavy (non-hydrogen) atoms. The smallest absolute Gasteiger partial charge is 0.249 e. The molecule has 0 radical (unpaired) electrons. The molecule has 1 unspecified atom stereocenters. The van der Waals surface area contributed by atoms with Crippen molar-refractivity contribution in [3.05, 3.63) is 36.0 Å². The first kappa shape index (κ1) is 17.9. The number of nitrogens with zero attached hydrogens (tertiary/aromatic N) is 5. The molecule has 7 nitrogen and oxygen atoms in total. The van der Waals surface area contributed by atoms with E-state index in [1.165, 1.54) is 12.8 Å². The number of anilines is 4. The standard InChI is InChI=1S/C22H24N6O/c1-27-17(11-14-3-4-14)20(29)28(2)18-12-24-21(26-19(18)27)25-16-7-5-15(6-8-16)22(13-23)9-10-22/h5-8,12,14,17H,3-4,9-11H2,1-2H3,(H,24,25,26). The van der Waals surface area contributed by atoms with Gasteiger partial charge in [0.15, 0.2) is 5.82 Å². The Morgan fingerprint density at radius 3 is 2.59 bits per heavy atom. The molecule has 1 aromatic carbocycles. The molecule has 0 bridgehead atoms.